The number of piperidine rings is 1. The Morgan fingerprint density at radius 1 is 1.36 bits per heavy atom. The van der Waals surface area contributed by atoms with E-state index in [-0.39, 0.29) is 42.5 Å². The van der Waals surface area contributed by atoms with Gasteiger partial charge in [0.2, 0.25) is 11.8 Å². The summed E-state index contributed by atoms with van der Waals surface area (Å²) in [5.74, 6) is 0.000474. The molecule has 2 fully saturated rings. The second-order valence-corrected chi connectivity index (χ2v) is 7.00. The molecule has 0 bridgehead atoms. The lowest BCUT2D eigenvalue weighted by molar-refractivity contribution is -0.384. The van der Waals surface area contributed by atoms with Gasteiger partial charge < -0.3 is 20.0 Å². The second kappa shape index (κ2) is 9.70. The number of nitro groups is 1. The fourth-order valence-corrected chi connectivity index (χ4v) is 3.77. The van der Waals surface area contributed by atoms with Gasteiger partial charge in [-0.25, -0.2) is 0 Å². The molecule has 1 N–H and O–H groups in total. The van der Waals surface area contributed by atoms with Gasteiger partial charge in [0, 0.05) is 45.3 Å². The number of likely N-dealkylation sites (tertiary alicyclic amines) is 1. The van der Waals surface area contributed by atoms with E-state index >= 15 is 0 Å². The SMILES string of the molecule is CN(CC(=O)N1CCCC(N2CCNCC2=O)C1)c1ccccc1[N+](=O)[O-].Cl. The first kappa shape index (κ1) is 21.9. The number of hydrogen-bond donors (Lipinski definition) is 1. The predicted molar refractivity (Wildman–Crippen MR) is 108 cm³/mol. The number of piperazine rings is 1. The summed E-state index contributed by atoms with van der Waals surface area (Å²) in [6, 6.07) is 6.45. The van der Waals surface area contributed by atoms with E-state index in [1.54, 1.807) is 35.0 Å². The third-order valence-corrected chi connectivity index (χ3v) is 5.18. The van der Waals surface area contributed by atoms with Crippen LogP contribution in [0.15, 0.2) is 24.3 Å². The van der Waals surface area contributed by atoms with Crippen molar-refractivity contribution in [1.29, 1.82) is 0 Å². The number of rotatable bonds is 5. The van der Waals surface area contributed by atoms with Gasteiger partial charge in [0.15, 0.2) is 0 Å². The molecular formula is C18H26ClN5O4. The first-order valence-corrected chi connectivity index (χ1v) is 9.20. The standard InChI is InChI=1S/C18H25N5O4.ClH/c1-20(15-6-2-3-7-16(15)23(26)27)13-18(25)21-9-4-5-14(12-21)22-10-8-19-11-17(22)24;/h2-3,6-7,14,19H,4-5,8-13H2,1H3;1H. The third-order valence-electron chi connectivity index (χ3n) is 5.18. The van der Waals surface area contributed by atoms with Crippen LogP contribution in [-0.2, 0) is 9.59 Å². The fraction of sp³-hybridized carbons (Fsp3) is 0.556. The minimum Gasteiger partial charge on any atom is -0.360 e. The molecule has 154 valence electrons. The highest BCUT2D eigenvalue weighted by molar-refractivity contribution is 5.85. The first-order chi connectivity index (χ1) is 13.0. The van der Waals surface area contributed by atoms with E-state index in [1.807, 2.05) is 4.90 Å². The summed E-state index contributed by atoms with van der Waals surface area (Å²) in [6.07, 6.45) is 1.75. The van der Waals surface area contributed by atoms with Gasteiger partial charge in [-0.3, -0.25) is 19.7 Å². The molecule has 1 aromatic carbocycles. The van der Waals surface area contributed by atoms with E-state index in [4.69, 9.17) is 0 Å². The molecule has 2 saturated heterocycles. The highest BCUT2D eigenvalue weighted by Gasteiger charge is 2.32. The van der Waals surface area contributed by atoms with E-state index in [0.29, 0.717) is 31.9 Å². The Morgan fingerprint density at radius 3 is 2.82 bits per heavy atom. The average molecular weight is 412 g/mol. The van der Waals surface area contributed by atoms with Crippen molar-refractivity contribution in [1.82, 2.24) is 15.1 Å². The highest BCUT2D eigenvalue weighted by atomic mass is 35.5. The molecule has 2 amide bonds. The van der Waals surface area contributed by atoms with Crippen molar-refractivity contribution in [2.45, 2.75) is 18.9 Å². The lowest BCUT2D eigenvalue weighted by atomic mass is 10.0. The van der Waals surface area contributed by atoms with Crippen molar-refractivity contribution < 1.29 is 14.5 Å². The number of nitro benzene ring substituents is 1. The number of para-hydroxylation sites is 2. The Hall–Kier alpha value is -2.39. The summed E-state index contributed by atoms with van der Waals surface area (Å²) in [5, 5.41) is 14.3. The number of carbonyl (C=O) groups excluding carboxylic acids is 2. The van der Waals surface area contributed by atoms with Crippen molar-refractivity contribution >= 4 is 35.6 Å². The Balaban J connectivity index is 0.00000280. The number of nitrogens with zero attached hydrogens (tertiary/aromatic N) is 4. The van der Waals surface area contributed by atoms with E-state index in [0.717, 1.165) is 19.4 Å². The molecule has 0 saturated carbocycles. The minimum absolute atomic E-state index is 0. The Labute approximate surface area is 170 Å². The Bertz CT molecular complexity index is 732. The van der Waals surface area contributed by atoms with Crippen molar-refractivity contribution in [3.05, 3.63) is 34.4 Å². The topological polar surface area (TPSA) is 99.0 Å². The first-order valence-electron chi connectivity index (χ1n) is 9.20. The smallest absolute Gasteiger partial charge is 0.292 e. The van der Waals surface area contributed by atoms with E-state index in [9.17, 15) is 19.7 Å². The van der Waals surface area contributed by atoms with Crippen LogP contribution in [-0.4, -0.2) is 78.9 Å². The van der Waals surface area contributed by atoms with Crippen LogP contribution in [0.25, 0.3) is 0 Å². The van der Waals surface area contributed by atoms with Gasteiger partial charge in [-0.15, -0.1) is 12.4 Å². The molecule has 0 spiro atoms. The fourth-order valence-electron chi connectivity index (χ4n) is 3.77. The van der Waals surface area contributed by atoms with Gasteiger partial charge in [0.25, 0.3) is 5.69 Å². The number of halogens is 1. The van der Waals surface area contributed by atoms with Gasteiger partial charge in [0.05, 0.1) is 18.0 Å². The zero-order chi connectivity index (χ0) is 19.4. The monoisotopic (exact) mass is 411 g/mol. The minimum atomic E-state index is -0.441. The second-order valence-electron chi connectivity index (χ2n) is 7.00. The van der Waals surface area contributed by atoms with Crippen LogP contribution in [0.1, 0.15) is 12.8 Å². The maximum absolute atomic E-state index is 12.8. The van der Waals surface area contributed by atoms with Gasteiger partial charge in [-0.1, -0.05) is 12.1 Å². The highest BCUT2D eigenvalue weighted by Crippen LogP contribution is 2.26. The van der Waals surface area contributed by atoms with Crippen LogP contribution in [0.3, 0.4) is 0 Å². The maximum Gasteiger partial charge on any atom is 0.292 e. The summed E-state index contributed by atoms with van der Waals surface area (Å²) in [7, 11) is 1.68. The number of amides is 2. The van der Waals surface area contributed by atoms with E-state index in [1.165, 1.54) is 6.07 Å². The number of carbonyl (C=O) groups is 2. The molecule has 2 aliphatic heterocycles. The van der Waals surface area contributed by atoms with Gasteiger partial charge in [-0.05, 0) is 18.9 Å². The normalized spacial score (nSPS) is 19.8. The Kier molecular flexibility index (Phi) is 7.59. The molecule has 9 nitrogen and oxygen atoms in total. The predicted octanol–water partition coefficient (Wildman–Crippen LogP) is 0.876. The zero-order valence-electron chi connectivity index (χ0n) is 15.9. The van der Waals surface area contributed by atoms with Crippen LogP contribution in [0.4, 0.5) is 11.4 Å². The molecule has 1 aromatic rings. The van der Waals surface area contributed by atoms with Crippen LogP contribution in [0, 0.1) is 10.1 Å². The molecule has 0 aliphatic carbocycles. The molecular weight excluding hydrogens is 386 g/mol. The maximum atomic E-state index is 12.8. The molecule has 1 unspecified atom stereocenters. The number of hydrogen-bond acceptors (Lipinski definition) is 6. The molecule has 0 radical (unpaired) electrons. The van der Waals surface area contributed by atoms with Gasteiger partial charge in [0.1, 0.15) is 5.69 Å². The number of likely N-dealkylation sites (N-methyl/N-ethyl adjacent to an activating group) is 1. The van der Waals surface area contributed by atoms with E-state index in [2.05, 4.69) is 5.32 Å². The van der Waals surface area contributed by atoms with Gasteiger partial charge >= 0.3 is 0 Å². The lowest BCUT2D eigenvalue weighted by Crippen LogP contribution is -2.58. The largest absolute Gasteiger partial charge is 0.360 e. The summed E-state index contributed by atoms with van der Waals surface area (Å²) in [6.45, 7) is 3.03. The molecule has 2 aliphatic rings. The lowest BCUT2D eigenvalue weighted by Gasteiger charge is -2.41. The van der Waals surface area contributed by atoms with Crippen LogP contribution < -0.4 is 10.2 Å². The summed E-state index contributed by atoms with van der Waals surface area (Å²) in [5.41, 5.74) is 0.400. The zero-order valence-corrected chi connectivity index (χ0v) is 16.7. The molecule has 2 heterocycles. The van der Waals surface area contributed by atoms with E-state index < -0.39 is 4.92 Å². The molecule has 0 aromatic heterocycles. The van der Waals surface area contributed by atoms with Crippen molar-refractivity contribution in [2.24, 2.45) is 0 Å². The number of anilines is 1. The van der Waals surface area contributed by atoms with Crippen molar-refractivity contribution in [3.8, 4) is 0 Å². The molecule has 3 rings (SSSR count). The summed E-state index contributed by atoms with van der Waals surface area (Å²) >= 11 is 0. The Morgan fingerprint density at radius 2 is 2.11 bits per heavy atom. The van der Waals surface area contributed by atoms with Crippen molar-refractivity contribution in [2.75, 3.05) is 51.2 Å². The number of benzene rings is 1. The summed E-state index contributed by atoms with van der Waals surface area (Å²) < 4.78 is 0. The summed E-state index contributed by atoms with van der Waals surface area (Å²) in [4.78, 5) is 40.9. The van der Waals surface area contributed by atoms with Crippen molar-refractivity contribution in [3.63, 3.8) is 0 Å². The molecule has 10 heteroatoms. The van der Waals surface area contributed by atoms with Crippen LogP contribution >= 0.6 is 12.4 Å². The molecule has 1 atom stereocenters. The van der Waals surface area contributed by atoms with Gasteiger partial charge in [-0.2, -0.15) is 0 Å². The third kappa shape index (κ3) is 4.90. The number of nitrogens with one attached hydrogen (secondary N) is 1. The average Bonchev–Trinajstić information content (AvgIpc) is 2.68. The van der Waals surface area contributed by atoms with Crippen LogP contribution in [0.2, 0.25) is 0 Å². The van der Waals surface area contributed by atoms with Crippen LogP contribution in [0.5, 0.6) is 0 Å². The molecule has 28 heavy (non-hydrogen) atoms. The quantitative estimate of drug-likeness (QED) is 0.570.